The largest absolute Gasteiger partial charge is 0.351 e. The van der Waals surface area contributed by atoms with Crippen LogP contribution in [0.4, 0.5) is 0 Å². The number of hydrogen-bond donors (Lipinski definition) is 1. The van der Waals surface area contributed by atoms with E-state index in [1.54, 1.807) is 18.7 Å². The van der Waals surface area contributed by atoms with Crippen molar-refractivity contribution in [2.24, 2.45) is 5.41 Å². The summed E-state index contributed by atoms with van der Waals surface area (Å²) in [6.45, 7) is 10.9. The van der Waals surface area contributed by atoms with Crippen LogP contribution >= 0.6 is 0 Å². The Morgan fingerprint density at radius 3 is 2.33 bits per heavy atom. The average Bonchev–Trinajstić information content (AvgIpc) is 2.45. The van der Waals surface area contributed by atoms with Gasteiger partial charge in [-0.25, -0.2) is 0 Å². The Balaban J connectivity index is 2.71. The molecule has 116 valence electrons. The van der Waals surface area contributed by atoms with Gasteiger partial charge in [0.1, 0.15) is 5.41 Å². The highest BCUT2D eigenvalue weighted by Crippen LogP contribution is 2.19. The van der Waals surface area contributed by atoms with Crippen molar-refractivity contribution in [1.29, 1.82) is 0 Å². The first-order chi connectivity index (χ1) is 9.82. The van der Waals surface area contributed by atoms with Gasteiger partial charge in [0.25, 0.3) is 0 Å². The van der Waals surface area contributed by atoms with Gasteiger partial charge in [-0.1, -0.05) is 29.8 Å². The number of nitrogens with one attached hydrogen (secondary N) is 1. The fourth-order valence-electron chi connectivity index (χ4n) is 2.23. The first kappa shape index (κ1) is 17.2. The molecule has 1 aromatic carbocycles. The molecular formula is C17H26N2O2. The minimum Gasteiger partial charge on any atom is -0.351 e. The Kier molecular flexibility index (Phi) is 5.94. The molecule has 21 heavy (non-hydrogen) atoms. The number of rotatable bonds is 6. The maximum absolute atomic E-state index is 12.4. The van der Waals surface area contributed by atoms with Crippen molar-refractivity contribution in [3.8, 4) is 0 Å². The summed E-state index contributed by atoms with van der Waals surface area (Å²) < 4.78 is 0. The van der Waals surface area contributed by atoms with Crippen LogP contribution in [-0.2, 0) is 16.1 Å². The number of carbonyl (C=O) groups excluding carboxylic acids is 2. The fraction of sp³-hybridized carbons (Fsp3) is 0.529. The first-order valence-corrected chi connectivity index (χ1v) is 7.46. The number of carbonyl (C=O) groups is 2. The van der Waals surface area contributed by atoms with E-state index in [0.29, 0.717) is 19.6 Å². The lowest BCUT2D eigenvalue weighted by molar-refractivity contribution is -0.148. The van der Waals surface area contributed by atoms with Crippen LogP contribution in [0.5, 0.6) is 0 Å². The standard InChI is InChI=1S/C17H26N2O2/c1-6-19(7-2)16(21)17(4,5)15(20)18-12-14-10-8-9-13(3)11-14/h8-11H,6-7,12H2,1-5H3,(H,18,20). The Morgan fingerprint density at radius 1 is 1.19 bits per heavy atom. The van der Waals surface area contributed by atoms with Crippen LogP contribution in [0.15, 0.2) is 24.3 Å². The third kappa shape index (κ3) is 4.31. The van der Waals surface area contributed by atoms with Crippen molar-refractivity contribution in [3.05, 3.63) is 35.4 Å². The second-order valence-corrected chi connectivity index (χ2v) is 5.77. The van der Waals surface area contributed by atoms with E-state index in [1.165, 1.54) is 0 Å². The van der Waals surface area contributed by atoms with Crippen LogP contribution in [-0.4, -0.2) is 29.8 Å². The zero-order valence-electron chi connectivity index (χ0n) is 13.7. The number of hydrogen-bond acceptors (Lipinski definition) is 2. The number of benzene rings is 1. The zero-order chi connectivity index (χ0) is 16.0. The van der Waals surface area contributed by atoms with E-state index in [2.05, 4.69) is 5.32 Å². The molecule has 1 rings (SSSR count). The molecule has 0 unspecified atom stereocenters. The summed E-state index contributed by atoms with van der Waals surface area (Å²) in [5.41, 5.74) is 1.14. The Bertz CT molecular complexity index is 505. The Hall–Kier alpha value is -1.84. The van der Waals surface area contributed by atoms with Crippen molar-refractivity contribution >= 4 is 11.8 Å². The van der Waals surface area contributed by atoms with Crippen LogP contribution in [0, 0.1) is 12.3 Å². The smallest absolute Gasteiger partial charge is 0.237 e. The summed E-state index contributed by atoms with van der Waals surface area (Å²) >= 11 is 0. The van der Waals surface area contributed by atoms with Crippen LogP contribution in [0.3, 0.4) is 0 Å². The number of nitrogens with zero attached hydrogens (tertiary/aromatic N) is 1. The SMILES string of the molecule is CCN(CC)C(=O)C(C)(C)C(=O)NCc1cccc(C)c1. The monoisotopic (exact) mass is 290 g/mol. The summed E-state index contributed by atoms with van der Waals surface area (Å²) in [5.74, 6) is -0.366. The van der Waals surface area contributed by atoms with Crippen LogP contribution < -0.4 is 5.32 Å². The summed E-state index contributed by atoms with van der Waals surface area (Å²) in [7, 11) is 0. The third-order valence-corrected chi connectivity index (χ3v) is 3.69. The molecule has 1 N–H and O–H groups in total. The van der Waals surface area contributed by atoms with Crippen molar-refractivity contribution in [1.82, 2.24) is 10.2 Å². The summed E-state index contributed by atoms with van der Waals surface area (Å²) in [6.07, 6.45) is 0. The summed E-state index contributed by atoms with van der Waals surface area (Å²) in [6, 6.07) is 7.97. The van der Waals surface area contributed by atoms with Crippen LogP contribution in [0.2, 0.25) is 0 Å². The van der Waals surface area contributed by atoms with Gasteiger partial charge in [0.05, 0.1) is 0 Å². The van der Waals surface area contributed by atoms with Gasteiger partial charge in [0.2, 0.25) is 11.8 Å². The number of amides is 2. The molecule has 0 fully saturated rings. The van der Waals surface area contributed by atoms with Crippen molar-refractivity contribution in [3.63, 3.8) is 0 Å². The molecule has 0 saturated carbocycles. The lowest BCUT2D eigenvalue weighted by Gasteiger charge is -2.29. The summed E-state index contributed by atoms with van der Waals surface area (Å²) in [4.78, 5) is 26.4. The molecule has 0 spiro atoms. The van der Waals surface area contributed by atoms with E-state index in [9.17, 15) is 9.59 Å². The van der Waals surface area contributed by atoms with Gasteiger partial charge in [0.15, 0.2) is 0 Å². The highest BCUT2D eigenvalue weighted by atomic mass is 16.2. The van der Waals surface area contributed by atoms with Gasteiger partial charge in [-0.2, -0.15) is 0 Å². The minimum absolute atomic E-state index is 0.130. The van der Waals surface area contributed by atoms with Gasteiger partial charge in [-0.15, -0.1) is 0 Å². The van der Waals surface area contributed by atoms with Crippen LogP contribution in [0.25, 0.3) is 0 Å². The van der Waals surface area contributed by atoms with Gasteiger partial charge >= 0.3 is 0 Å². The fourth-order valence-corrected chi connectivity index (χ4v) is 2.23. The maximum atomic E-state index is 12.4. The topological polar surface area (TPSA) is 49.4 Å². The molecule has 0 aliphatic rings. The highest BCUT2D eigenvalue weighted by Gasteiger charge is 2.38. The van der Waals surface area contributed by atoms with Gasteiger partial charge < -0.3 is 10.2 Å². The van der Waals surface area contributed by atoms with E-state index in [-0.39, 0.29) is 11.8 Å². The van der Waals surface area contributed by atoms with Crippen LogP contribution in [0.1, 0.15) is 38.8 Å². The van der Waals surface area contributed by atoms with E-state index in [1.807, 2.05) is 45.0 Å². The van der Waals surface area contributed by atoms with E-state index in [4.69, 9.17) is 0 Å². The molecule has 4 heteroatoms. The number of aryl methyl sites for hydroxylation is 1. The van der Waals surface area contributed by atoms with Gasteiger partial charge in [-0.3, -0.25) is 9.59 Å². The lowest BCUT2D eigenvalue weighted by Crippen LogP contribution is -2.49. The molecule has 4 nitrogen and oxygen atoms in total. The molecule has 0 aliphatic carbocycles. The van der Waals surface area contributed by atoms with E-state index >= 15 is 0 Å². The van der Waals surface area contributed by atoms with Crippen molar-refractivity contribution < 1.29 is 9.59 Å². The highest BCUT2D eigenvalue weighted by molar-refractivity contribution is 6.04. The molecule has 0 atom stereocenters. The summed E-state index contributed by atoms with van der Waals surface area (Å²) in [5, 5.41) is 2.86. The quantitative estimate of drug-likeness (QED) is 0.818. The zero-order valence-corrected chi connectivity index (χ0v) is 13.7. The first-order valence-electron chi connectivity index (χ1n) is 7.46. The maximum Gasteiger partial charge on any atom is 0.237 e. The predicted molar refractivity (Wildman–Crippen MR) is 84.7 cm³/mol. The molecule has 2 amide bonds. The van der Waals surface area contributed by atoms with E-state index < -0.39 is 5.41 Å². The Labute approximate surface area is 127 Å². The van der Waals surface area contributed by atoms with Crippen molar-refractivity contribution in [2.75, 3.05) is 13.1 Å². The molecule has 0 aromatic heterocycles. The Morgan fingerprint density at radius 2 is 1.81 bits per heavy atom. The van der Waals surface area contributed by atoms with Gasteiger partial charge in [0, 0.05) is 19.6 Å². The molecule has 0 heterocycles. The van der Waals surface area contributed by atoms with Gasteiger partial charge in [-0.05, 0) is 40.2 Å². The van der Waals surface area contributed by atoms with E-state index in [0.717, 1.165) is 11.1 Å². The molecular weight excluding hydrogens is 264 g/mol. The normalized spacial score (nSPS) is 11.1. The third-order valence-electron chi connectivity index (χ3n) is 3.69. The second-order valence-electron chi connectivity index (χ2n) is 5.77. The average molecular weight is 290 g/mol. The lowest BCUT2D eigenvalue weighted by atomic mass is 9.90. The van der Waals surface area contributed by atoms with Crippen molar-refractivity contribution in [2.45, 2.75) is 41.2 Å². The predicted octanol–water partition coefficient (Wildman–Crippen LogP) is 2.51. The minimum atomic E-state index is -1.05. The second kappa shape index (κ2) is 7.25. The molecule has 0 bridgehead atoms. The molecule has 0 aliphatic heterocycles. The molecule has 0 radical (unpaired) electrons. The molecule has 1 aromatic rings. The molecule has 0 saturated heterocycles.